The summed E-state index contributed by atoms with van der Waals surface area (Å²) in [5, 5.41) is 8.45. The molecule has 0 aliphatic heterocycles. The monoisotopic (exact) mass is 513 g/mol. The van der Waals surface area contributed by atoms with Crippen LogP contribution in [0.3, 0.4) is 0 Å². The van der Waals surface area contributed by atoms with Crippen LogP contribution in [0.25, 0.3) is 0 Å². The summed E-state index contributed by atoms with van der Waals surface area (Å²) in [4.78, 5) is 52.2. The first-order chi connectivity index (χ1) is 16.8. The van der Waals surface area contributed by atoms with Crippen molar-refractivity contribution in [1.82, 2.24) is 16.0 Å². The zero-order chi connectivity index (χ0) is 27.0. The van der Waals surface area contributed by atoms with Gasteiger partial charge in [0.05, 0.1) is 10.6 Å². The van der Waals surface area contributed by atoms with Gasteiger partial charge in [0, 0.05) is 12.0 Å². The van der Waals surface area contributed by atoms with Gasteiger partial charge in [-0.3, -0.25) is 19.2 Å². The molecule has 1 unspecified atom stereocenters. The van der Waals surface area contributed by atoms with Crippen LogP contribution in [-0.2, 0) is 20.8 Å². The quantitative estimate of drug-likeness (QED) is 0.417. The Morgan fingerprint density at radius 1 is 0.889 bits per heavy atom. The molecule has 2 atom stereocenters. The van der Waals surface area contributed by atoms with Crippen molar-refractivity contribution in [1.29, 1.82) is 0 Å². The first-order valence-corrected chi connectivity index (χ1v) is 12.4. The number of nitrogens with one attached hydrogen (secondary N) is 3. The highest BCUT2D eigenvalue weighted by atomic mass is 35.5. The Hall–Kier alpha value is -3.19. The fourth-order valence-electron chi connectivity index (χ4n) is 3.74. The van der Waals surface area contributed by atoms with Gasteiger partial charge in [-0.1, -0.05) is 67.9 Å². The second-order valence-electron chi connectivity index (χ2n) is 10.4. The number of hydrogen-bond acceptors (Lipinski definition) is 4. The molecule has 0 aliphatic carbocycles. The first-order valence-electron chi connectivity index (χ1n) is 12.0. The Kier molecular flexibility index (Phi) is 10.2. The Morgan fingerprint density at radius 3 is 2.08 bits per heavy atom. The van der Waals surface area contributed by atoms with E-state index in [4.69, 9.17) is 11.6 Å². The number of aryl methyl sites for hydroxylation is 1. The van der Waals surface area contributed by atoms with E-state index in [2.05, 4.69) is 16.0 Å². The molecule has 36 heavy (non-hydrogen) atoms. The van der Waals surface area contributed by atoms with Crippen molar-refractivity contribution in [3.63, 3.8) is 0 Å². The van der Waals surface area contributed by atoms with Crippen molar-refractivity contribution in [3.05, 3.63) is 70.2 Å². The maximum atomic E-state index is 13.4. The van der Waals surface area contributed by atoms with E-state index in [-0.39, 0.29) is 17.4 Å². The van der Waals surface area contributed by atoms with Gasteiger partial charge in [-0.25, -0.2) is 0 Å². The lowest BCUT2D eigenvalue weighted by molar-refractivity contribution is -0.141. The lowest BCUT2D eigenvalue weighted by Crippen LogP contribution is -2.56. The normalized spacial score (nSPS) is 13.0. The van der Waals surface area contributed by atoms with E-state index in [9.17, 15) is 19.2 Å². The van der Waals surface area contributed by atoms with Crippen molar-refractivity contribution in [2.24, 2.45) is 5.92 Å². The summed E-state index contributed by atoms with van der Waals surface area (Å²) in [6, 6.07) is 12.2. The molecule has 0 aliphatic rings. The average Bonchev–Trinajstić information content (AvgIpc) is 2.76. The van der Waals surface area contributed by atoms with Gasteiger partial charge in [-0.05, 0) is 57.2 Å². The Labute approximate surface area is 218 Å². The average molecular weight is 514 g/mol. The Balaban J connectivity index is 2.30. The second kappa shape index (κ2) is 12.7. The van der Waals surface area contributed by atoms with Crippen LogP contribution in [0.2, 0.25) is 5.02 Å². The summed E-state index contributed by atoms with van der Waals surface area (Å²) >= 11 is 6.25. The molecule has 2 aromatic carbocycles. The third kappa shape index (κ3) is 8.79. The minimum absolute atomic E-state index is 0.0702. The SMILES string of the molecule is Cc1cccc(Cl)c1C(=O)N[C@@H](CC(C)C)C(=O)NC(Cc1ccccc1)C(=O)C(=O)NC(C)(C)C. The molecule has 194 valence electrons. The fourth-order valence-corrected chi connectivity index (χ4v) is 4.05. The molecule has 0 spiro atoms. The van der Waals surface area contributed by atoms with Gasteiger partial charge in [0.1, 0.15) is 12.1 Å². The summed E-state index contributed by atoms with van der Waals surface area (Å²) < 4.78 is 0. The minimum Gasteiger partial charge on any atom is -0.345 e. The van der Waals surface area contributed by atoms with Crippen molar-refractivity contribution in [2.45, 2.75) is 72.0 Å². The summed E-state index contributed by atoms with van der Waals surface area (Å²) in [7, 11) is 0. The molecule has 0 saturated carbocycles. The molecule has 0 radical (unpaired) electrons. The molecule has 7 nitrogen and oxygen atoms in total. The highest BCUT2D eigenvalue weighted by Crippen LogP contribution is 2.20. The highest BCUT2D eigenvalue weighted by molar-refractivity contribution is 6.38. The minimum atomic E-state index is -1.10. The largest absolute Gasteiger partial charge is 0.345 e. The molecule has 0 aromatic heterocycles. The van der Waals surface area contributed by atoms with Crippen LogP contribution in [0.15, 0.2) is 48.5 Å². The van der Waals surface area contributed by atoms with Crippen molar-refractivity contribution >= 4 is 35.1 Å². The van der Waals surface area contributed by atoms with Crippen molar-refractivity contribution in [2.75, 3.05) is 0 Å². The number of Topliss-reactive ketones (excluding diaryl/α,β-unsaturated/α-hetero) is 1. The van der Waals surface area contributed by atoms with E-state index in [1.165, 1.54) is 0 Å². The topological polar surface area (TPSA) is 104 Å². The summed E-state index contributed by atoms with van der Waals surface area (Å²) in [5.41, 5.74) is 1.15. The van der Waals surface area contributed by atoms with E-state index in [1.807, 2.05) is 44.2 Å². The van der Waals surface area contributed by atoms with E-state index in [0.717, 1.165) is 5.56 Å². The maximum Gasteiger partial charge on any atom is 0.290 e. The number of carbonyl (C=O) groups excluding carboxylic acids is 4. The summed E-state index contributed by atoms with van der Waals surface area (Å²) in [5.74, 6) is -2.48. The fraction of sp³-hybridized carbons (Fsp3) is 0.429. The molecule has 0 bridgehead atoms. The van der Waals surface area contributed by atoms with Crippen LogP contribution < -0.4 is 16.0 Å². The zero-order valence-electron chi connectivity index (χ0n) is 21.8. The third-order valence-corrected chi connectivity index (χ3v) is 5.72. The number of carbonyl (C=O) groups is 4. The van der Waals surface area contributed by atoms with Gasteiger partial charge >= 0.3 is 0 Å². The lowest BCUT2D eigenvalue weighted by atomic mass is 9.98. The van der Waals surface area contributed by atoms with E-state index in [0.29, 0.717) is 17.5 Å². The number of ketones is 1. The smallest absolute Gasteiger partial charge is 0.290 e. The second-order valence-corrected chi connectivity index (χ2v) is 10.8. The molecule has 3 amide bonds. The number of halogens is 1. The van der Waals surface area contributed by atoms with Crippen LogP contribution in [0.5, 0.6) is 0 Å². The Morgan fingerprint density at radius 2 is 1.53 bits per heavy atom. The lowest BCUT2D eigenvalue weighted by Gasteiger charge is -2.26. The van der Waals surface area contributed by atoms with Gasteiger partial charge in [0.25, 0.3) is 11.8 Å². The molecular weight excluding hydrogens is 478 g/mol. The zero-order valence-corrected chi connectivity index (χ0v) is 22.5. The molecule has 2 aromatic rings. The predicted molar refractivity (Wildman–Crippen MR) is 142 cm³/mol. The number of hydrogen-bond donors (Lipinski definition) is 3. The van der Waals surface area contributed by atoms with Crippen LogP contribution in [0.4, 0.5) is 0 Å². The molecule has 0 heterocycles. The molecule has 0 fully saturated rings. The van der Waals surface area contributed by atoms with Gasteiger partial charge < -0.3 is 16.0 Å². The van der Waals surface area contributed by atoms with E-state index < -0.39 is 41.1 Å². The first kappa shape index (κ1) is 29.0. The van der Waals surface area contributed by atoms with Crippen molar-refractivity contribution < 1.29 is 19.2 Å². The van der Waals surface area contributed by atoms with E-state index in [1.54, 1.807) is 45.9 Å². The maximum absolute atomic E-state index is 13.4. The van der Waals surface area contributed by atoms with Gasteiger partial charge in [-0.15, -0.1) is 0 Å². The predicted octanol–water partition coefficient (Wildman–Crippen LogP) is 4.00. The van der Waals surface area contributed by atoms with Crippen LogP contribution in [0, 0.1) is 12.8 Å². The summed E-state index contributed by atoms with van der Waals surface area (Å²) in [6.45, 7) is 10.9. The van der Waals surface area contributed by atoms with Crippen molar-refractivity contribution in [3.8, 4) is 0 Å². The van der Waals surface area contributed by atoms with Gasteiger partial charge in [0.2, 0.25) is 11.7 Å². The number of benzene rings is 2. The van der Waals surface area contributed by atoms with Crippen LogP contribution in [0.1, 0.15) is 62.5 Å². The highest BCUT2D eigenvalue weighted by Gasteiger charge is 2.32. The summed E-state index contributed by atoms with van der Waals surface area (Å²) in [6.07, 6.45) is 0.469. The van der Waals surface area contributed by atoms with Crippen LogP contribution >= 0.6 is 11.6 Å². The molecular formula is C28H36ClN3O4. The molecule has 0 saturated heterocycles. The standard InChI is InChI=1S/C28H36ClN3O4/c1-17(2)15-22(31-26(35)23-18(3)11-10-14-20(23)29)25(34)30-21(16-19-12-8-7-9-13-19)24(33)27(36)32-28(4,5)6/h7-14,17,21-22H,15-16H2,1-6H3,(H,30,34)(H,31,35)(H,32,36)/t21?,22-/m0/s1. The number of rotatable bonds is 10. The molecule has 8 heteroatoms. The van der Waals surface area contributed by atoms with Gasteiger partial charge in [-0.2, -0.15) is 0 Å². The Bertz CT molecular complexity index is 1070. The van der Waals surface area contributed by atoms with Crippen LogP contribution in [-0.4, -0.2) is 41.1 Å². The number of amides is 3. The van der Waals surface area contributed by atoms with Gasteiger partial charge in [0.15, 0.2) is 0 Å². The van der Waals surface area contributed by atoms with E-state index >= 15 is 0 Å². The molecule has 2 rings (SSSR count). The third-order valence-electron chi connectivity index (χ3n) is 5.41. The molecule has 3 N–H and O–H groups in total.